The van der Waals surface area contributed by atoms with Crippen LogP contribution in [0.3, 0.4) is 0 Å². The van der Waals surface area contributed by atoms with Crippen LogP contribution in [0.4, 0.5) is 5.69 Å². The second-order valence-electron chi connectivity index (χ2n) is 7.12. The molecule has 0 atom stereocenters. The molecule has 2 heterocycles. The van der Waals surface area contributed by atoms with E-state index in [9.17, 15) is 13.2 Å². The van der Waals surface area contributed by atoms with Gasteiger partial charge in [0.2, 0.25) is 15.8 Å². The maximum absolute atomic E-state index is 13.1. The van der Waals surface area contributed by atoms with Crippen molar-refractivity contribution in [2.75, 3.05) is 38.7 Å². The number of hydrogen-bond donors (Lipinski definition) is 1. The van der Waals surface area contributed by atoms with Crippen molar-refractivity contribution in [3.05, 3.63) is 42.0 Å². The van der Waals surface area contributed by atoms with E-state index < -0.39 is 15.9 Å². The van der Waals surface area contributed by atoms with Crippen LogP contribution in [0.2, 0.25) is 0 Å². The minimum absolute atomic E-state index is 0.0877. The normalized spacial score (nSPS) is 16.7. The van der Waals surface area contributed by atoms with Crippen LogP contribution in [0.25, 0.3) is 0 Å². The Labute approximate surface area is 175 Å². The first-order valence-corrected chi connectivity index (χ1v) is 11.3. The fourth-order valence-electron chi connectivity index (χ4n) is 3.64. The minimum atomic E-state index is -3.70. The number of benzene rings is 2. The summed E-state index contributed by atoms with van der Waals surface area (Å²) in [5.74, 6) is 0.784. The molecule has 0 spiro atoms. The standard InChI is InChI=1S/C21H24N2O6S/c1-27-17-13-15(14-18-20(17)29-12-11-28-18)21(24)22-16-7-3-4-8-19(16)30(25,26)23-9-5-2-6-10-23/h3-4,7-8,13-14H,2,5-6,9-12H2,1H3,(H,22,24). The van der Waals surface area contributed by atoms with E-state index in [1.165, 1.54) is 17.5 Å². The van der Waals surface area contributed by atoms with Gasteiger partial charge in [-0.25, -0.2) is 8.42 Å². The first-order valence-electron chi connectivity index (χ1n) is 9.89. The molecule has 8 nitrogen and oxygen atoms in total. The zero-order valence-electron chi connectivity index (χ0n) is 16.7. The average molecular weight is 432 g/mol. The number of para-hydroxylation sites is 1. The summed E-state index contributed by atoms with van der Waals surface area (Å²) in [5, 5.41) is 2.73. The van der Waals surface area contributed by atoms with Gasteiger partial charge in [-0.2, -0.15) is 4.31 Å². The fourth-order valence-corrected chi connectivity index (χ4v) is 5.30. The summed E-state index contributed by atoms with van der Waals surface area (Å²) < 4.78 is 44.2. The van der Waals surface area contributed by atoms with Gasteiger partial charge in [0.1, 0.15) is 18.1 Å². The number of ether oxygens (including phenoxy) is 3. The summed E-state index contributed by atoms with van der Waals surface area (Å²) in [4.78, 5) is 13.0. The van der Waals surface area contributed by atoms with E-state index in [4.69, 9.17) is 14.2 Å². The number of fused-ring (bicyclic) bond motifs is 1. The molecule has 2 aliphatic rings. The summed E-state index contributed by atoms with van der Waals surface area (Å²) >= 11 is 0. The number of sulfonamides is 1. The number of nitrogens with zero attached hydrogens (tertiary/aromatic N) is 1. The van der Waals surface area contributed by atoms with Crippen molar-refractivity contribution in [1.82, 2.24) is 4.31 Å². The highest BCUT2D eigenvalue weighted by molar-refractivity contribution is 7.89. The molecule has 160 valence electrons. The predicted octanol–water partition coefficient (Wildman–Crippen LogP) is 2.89. The molecular weight excluding hydrogens is 408 g/mol. The molecule has 1 amide bonds. The van der Waals surface area contributed by atoms with Gasteiger partial charge >= 0.3 is 0 Å². The first kappa shape index (κ1) is 20.5. The number of anilines is 1. The summed E-state index contributed by atoms with van der Waals surface area (Å²) in [6.45, 7) is 1.75. The molecule has 30 heavy (non-hydrogen) atoms. The molecule has 9 heteroatoms. The lowest BCUT2D eigenvalue weighted by molar-refractivity contribution is 0.102. The Balaban J connectivity index is 1.63. The largest absolute Gasteiger partial charge is 0.493 e. The highest BCUT2D eigenvalue weighted by atomic mass is 32.2. The second kappa shape index (κ2) is 8.53. The van der Waals surface area contributed by atoms with Crippen molar-refractivity contribution in [2.45, 2.75) is 24.2 Å². The Hall–Kier alpha value is -2.78. The molecule has 0 radical (unpaired) electrons. The van der Waals surface area contributed by atoms with Crippen LogP contribution < -0.4 is 19.5 Å². The van der Waals surface area contributed by atoms with Crippen LogP contribution >= 0.6 is 0 Å². The van der Waals surface area contributed by atoms with Crippen LogP contribution in [0.1, 0.15) is 29.6 Å². The number of piperidine rings is 1. The molecule has 1 N–H and O–H groups in total. The molecule has 1 fully saturated rings. The molecule has 2 aliphatic heterocycles. The van der Waals surface area contributed by atoms with Crippen molar-refractivity contribution in [2.24, 2.45) is 0 Å². The zero-order valence-corrected chi connectivity index (χ0v) is 17.5. The van der Waals surface area contributed by atoms with Gasteiger partial charge in [-0.3, -0.25) is 4.79 Å². The number of hydrogen-bond acceptors (Lipinski definition) is 6. The Morgan fingerprint density at radius 2 is 1.80 bits per heavy atom. The SMILES string of the molecule is COc1cc(C(=O)Nc2ccccc2S(=O)(=O)N2CCCCC2)cc2c1OCCO2. The highest BCUT2D eigenvalue weighted by Crippen LogP contribution is 2.40. The Bertz CT molecular complexity index is 1030. The van der Waals surface area contributed by atoms with Gasteiger partial charge in [-0.05, 0) is 37.1 Å². The maximum atomic E-state index is 13.1. The first-order chi connectivity index (χ1) is 14.5. The summed E-state index contributed by atoms with van der Waals surface area (Å²) in [7, 11) is -2.22. The smallest absolute Gasteiger partial charge is 0.255 e. The average Bonchev–Trinajstić information content (AvgIpc) is 2.79. The molecule has 4 rings (SSSR count). The monoisotopic (exact) mass is 432 g/mol. The van der Waals surface area contributed by atoms with Crippen molar-refractivity contribution in [1.29, 1.82) is 0 Å². The Kier molecular flexibility index (Phi) is 5.83. The molecule has 0 saturated carbocycles. The number of rotatable bonds is 5. The number of amides is 1. The van der Waals surface area contributed by atoms with E-state index in [1.807, 2.05) is 0 Å². The van der Waals surface area contributed by atoms with Gasteiger partial charge in [-0.1, -0.05) is 18.6 Å². The zero-order chi connectivity index (χ0) is 21.1. The van der Waals surface area contributed by atoms with Crippen molar-refractivity contribution in [3.63, 3.8) is 0 Å². The molecule has 1 saturated heterocycles. The predicted molar refractivity (Wildman–Crippen MR) is 111 cm³/mol. The molecule has 0 aliphatic carbocycles. The summed E-state index contributed by atoms with van der Waals surface area (Å²) in [5.41, 5.74) is 0.517. The van der Waals surface area contributed by atoms with Crippen LogP contribution in [-0.2, 0) is 10.0 Å². The molecule has 0 unspecified atom stereocenters. The van der Waals surface area contributed by atoms with E-state index in [1.54, 1.807) is 30.3 Å². The lowest BCUT2D eigenvalue weighted by Gasteiger charge is -2.26. The quantitative estimate of drug-likeness (QED) is 0.781. The molecule has 0 aromatic heterocycles. The van der Waals surface area contributed by atoms with E-state index in [0.29, 0.717) is 43.6 Å². The number of carbonyl (C=O) groups excluding carboxylic acids is 1. The van der Waals surface area contributed by atoms with Gasteiger partial charge in [0.25, 0.3) is 5.91 Å². The number of methoxy groups -OCH3 is 1. The van der Waals surface area contributed by atoms with Gasteiger partial charge in [0, 0.05) is 18.7 Å². The van der Waals surface area contributed by atoms with Gasteiger partial charge in [0.05, 0.1) is 12.8 Å². The highest BCUT2D eigenvalue weighted by Gasteiger charge is 2.29. The van der Waals surface area contributed by atoms with Crippen LogP contribution in [0, 0.1) is 0 Å². The van der Waals surface area contributed by atoms with Crippen molar-refractivity contribution in [3.8, 4) is 17.2 Å². The van der Waals surface area contributed by atoms with Gasteiger partial charge < -0.3 is 19.5 Å². The van der Waals surface area contributed by atoms with Crippen molar-refractivity contribution >= 4 is 21.6 Å². The Morgan fingerprint density at radius 1 is 1.07 bits per heavy atom. The molecule has 2 aromatic rings. The van der Waals surface area contributed by atoms with Gasteiger partial charge in [0.15, 0.2) is 11.5 Å². The van der Waals surface area contributed by atoms with Crippen LogP contribution in [0.5, 0.6) is 17.2 Å². The molecular formula is C21H24N2O6S. The topological polar surface area (TPSA) is 94.2 Å². The fraction of sp³-hybridized carbons (Fsp3) is 0.381. The third kappa shape index (κ3) is 3.95. The summed E-state index contributed by atoms with van der Waals surface area (Å²) in [6.07, 6.45) is 2.70. The van der Waals surface area contributed by atoms with E-state index >= 15 is 0 Å². The maximum Gasteiger partial charge on any atom is 0.255 e. The lowest BCUT2D eigenvalue weighted by Crippen LogP contribution is -2.36. The van der Waals surface area contributed by atoms with Crippen LogP contribution in [0.15, 0.2) is 41.3 Å². The lowest BCUT2D eigenvalue weighted by atomic mass is 10.1. The summed E-state index contributed by atoms with van der Waals surface area (Å²) in [6, 6.07) is 9.56. The van der Waals surface area contributed by atoms with E-state index in [-0.39, 0.29) is 16.1 Å². The minimum Gasteiger partial charge on any atom is -0.493 e. The molecule has 0 bridgehead atoms. The third-order valence-corrected chi connectivity index (χ3v) is 7.12. The Morgan fingerprint density at radius 3 is 2.57 bits per heavy atom. The molecule has 2 aromatic carbocycles. The third-order valence-electron chi connectivity index (χ3n) is 5.16. The van der Waals surface area contributed by atoms with E-state index in [0.717, 1.165) is 19.3 Å². The number of carbonyl (C=O) groups is 1. The van der Waals surface area contributed by atoms with Crippen LogP contribution in [-0.4, -0.2) is 52.0 Å². The van der Waals surface area contributed by atoms with Crippen molar-refractivity contribution < 1.29 is 27.4 Å². The number of nitrogens with one attached hydrogen (secondary N) is 1. The second-order valence-corrected chi connectivity index (χ2v) is 9.02. The van der Waals surface area contributed by atoms with Gasteiger partial charge in [-0.15, -0.1) is 0 Å². The van der Waals surface area contributed by atoms with E-state index in [2.05, 4.69) is 5.32 Å².